The molecule has 3 aliphatic rings. The monoisotopic (exact) mass is 416 g/mol. The largest absolute Gasteiger partial charge is 0.418 e. The molecule has 0 radical (unpaired) electrons. The number of hydrogen-bond donors (Lipinski definition) is 3. The molecule has 0 aromatic carbocycles. The number of aryl methyl sites for hydroxylation is 1. The minimum atomic E-state index is -4.83. The van der Waals surface area contributed by atoms with Crippen molar-refractivity contribution in [1.29, 1.82) is 0 Å². The summed E-state index contributed by atoms with van der Waals surface area (Å²) >= 11 is 0. The summed E-state index contributed by atoms with van der Waals surface area (Å²) in [6.07, 6.45) is 1.91. The highest BCUT2D eigenvalue weighted by Gasteiger charge is 2.49. The SMILES string of the molecule is Cn1ncc2c1CNCC2ONC(=O)[C@H]1CC[C@H]2CN1C(=O)N2OS(=O)(=O)O. The Balaban J connectivity index is 1.39. The van der Waals surface area contributed by atoms with Gasteiger partial charge in [-0.2, -0.15) is 18.6 Å². The van der Waals surface area contributed by atoms with Crippen LogP contribution in [-0.4, -0.2) is 69.8 Å². The number of nitrogens with one attached hydrogen (secondary N) is 2. The summed E-state index contributed by atoms with van der Waals surface area (Å²) in [6.45, 7) is 1.25. The third kappa shape index (κ3) is 3.44. The second-order valence-corrected chi connectivity index (χ2v) is 7.89. The molecule has 154 valence electrons. The average Bonchev–Trinajstić information content (AvgIpc) is 3.13. The van der Waals surface area contributed by atoms with E-state index in [4.69, 9.17) is 9.39 Å². The van der Waals surface area contributed by atoms with E-state index in [0.29, 0.717) is 31.0 Å². The normalized spacial score (nSPS) is 27.1. The van der Waals surface area contributed by atoms with E-state index in [-0.39, 0.29) is 6.54 Å². The summed E-state index contributed by atoms with van der Waals surface area (Å²) in [5, 5.41) is 7.96. The zero-order valence-electron chi connectivity index (χ0n) is 14.9. The van der Waals surface area contributed by atoms with Crippen molar-refractivity contribution in [3.8, 4) is 0 Å². The first-order valence-corrected chi connectivity index (χ1v) is 10.0. The maximum atomic E-state index is 12.6. The number of amides is 3. The average molecular weight is 416 g/mol. The predicted octanol–water partition coefficient (Wildman–Crippen LogP) is -1.38. The van der Waals surface area contributed by atoms with Gasteiger partial charge in [0.2, 0.25) is 0 Å². The van der Waals surface area contributed by atoms with Crippen LogP contribution >= 0.6 is 0 Å². The van der Waals surface area contributed by atoms with Gasteiger partial charge in [-0.3, -0.25) is 18.9 Å². The van der Waals surface area contributed by atoms with Gasteiger partial charge in [-0.1, -0.05) is 0 Å². The Hall–Kier alpha value is -2.26. The fraction of sp³-hybridized carbons (Fsp3) is 0.643. The Kier molecular flexibility index (Phi) is 4.75. The molecular weight excluding hydrogens is 396 g/mol. The first-order valence-electron chi connectivity index (χ1n) is 8.68. The molecule has 1 aromatic heterocycles. The lowest BCUT2D eigenvalue weighted by Crippen LogP contribution is -2.50. The number of hydroxylamine groups is 3. The second-order valence-electron chi connectivity index (χ2n) is 6.88. The van der Waals surface area contributed by atoms with Gasteiger partial charge in [-0.05, 0) is 12.8 Å². The van der Waals surface area contributed by atoms with Crippen molar-refractivity contribution in [3.63, 3.8) is 0 Å². The van der Waals surface area contributed by atoms with E-state index in [1.807, 2.05) is 7.05 Å². The van der Waals surface area contributed by atoms with E-state index < -0.39 is 40.5 Å². The van der Waals surface area contributed by atoms with Crippen molar-refractivity contribution >= 4 is 22.3 Å². The number of urea groups is 1. The highest BCUT2D eigenvalue weighted by Crippen LogP contribution is 2.31. The molecule has 13 nitrogen and oxygen atoms in total. The van der Waals surface area contributed by atoms with Gasteiger partial charge in [-0.25, -0.2) is 10.3 Å². The molecule has 0 saturated carbocycles. The van der Waals surface area contributed by atoms with Gasteiger partial charge in [-0.15, -0.1) is 4.28 Å². The van der Waals surface area contributed by atoms with E-state index in [1.54, 1.807) is 10.9 Å². The molecule has 4 rings (SSSR count). The first-order chi connectivity index (χ1) is 13.2. The van der Waals surface area contributed by atoms with Gasteiger partial charge < -0.3 is 10.2 Å². The molecule has 3 N–H and O–H groups in total. The van der Waals surface area contributed by atoms with E-state index in [2.05, 4.69) is 20.2 Å². The van der Waals surface area contributed by atoms with Crippen molar-refractivity contribution in [3.05, 3.63) is 17.5 Å². The van der Waals surface area contributed by atoms with E-state index >= 15 is 0 Å². The first kappa shape index (κ1) is 19.1. The van der Waals surface area contributed by atoms with Crippen LogP contribution < -0.4 is 10.8 Å². The zero-order chi connectivity index (χ0) is 20.1. The second kappa shape index (κ2) is 6.97. The standard InChI is InChI=1S/C14H20N6O7S/c1-18-11-5-15-6-12(9(11)4-16-18)26-17-13(21)10-3-2-8-7-19(10)14(22)20(8)27-28(23,24)25/h4,8,10,12,15H,2-3,5-7H2,1H3,(H,17,21)(H,23,24,25)/t8-,10+,12?/m0/s1. The Morgan fingerprint density at radius 2 is 2.21 bits per heavy atom. The Bertz CT molecular complexity index is 902. The van der Waals surface area contributed by atoms with Crippen LogP contribution in [0.1, 0.15) is 30.2 Å². The summed E-state index contributed by atoms with van der Waals surface area (Å²) in [5.41, 5.74) is 4.23. The number of piperidine rings is 1. The molecule has 3 amide bonds. The number of carbonyl (C=O) groups excluding carboxylic acids is 2. The molecule has 0 spiro atoms. The fourth-order valence-electron chi connectivity index (χ4n) is 3.80. The van der Waals surface area contributed by atoms with Crippen LogP contribution in [-0.2, 0) is 37.9 Å². The molecule has 0 aliphatic carbocycles. The number of aromatic nitrogens is 2. The molecule has 28 heavy (non-hydrogen) atoms. The summed E-state index contributed by atoms with van der Waals surface area (Å²) in [5.74, 6) is -0.517. The fourth-order valence-corrected chi connectivity index (χ4v) is 4.19. The van der Waals surface area contributed by atoms with Crippen LogP contribution in [0, 0.1) is 0 Å². The molecule has 3 aliphatic heterocycles. The molecule has 4 heterocycles. The van der Waals surface area contributed by atoms with Crippen LogP contribution in [0.25, 0.3) is 0 Å². The lowest BCUT2D eigenvalue weighted by molar-refractivity contribution is -0.144. The smallest absolute Gasteiger partial charge is 0.309 e. The van der Waals surface area contributed by atoms with Crippen molar-refractivity contribution in [2.24, 2.45) is 7.05 Å². The minimum absolute atomic E-state index is 0.115. The van der Waals surface area contributed by atoms with Gasteiger partial charge in [0.15, 0.2) is 0 Å². The zero-order valence-corrected chi connectivity index (χ0v) is 15.8. The number of fused-ring (bicyclic) bond motifs is 3. The highest BCUT2D eigenvalue weighted by atomic mass is 32.3. The third-order valence-electron chi connectivity index (χ3n) is 5.16. The van der Waals surface area contributed by atoms with Crippen LogP contribution in [0.4, 0.5) is 4.79 Å². The number of nitrogens with zero attached hydrogens (tertiary/aromatic N) is 4. The maximum absolute atomic E-state index is 12.6. The molecular formula is C14H20N6O7S. The summed E-state index contributed by atoms with van der Waals surface area (Å²) < 4.78 is 36.7. The maximum Gasteiger partial charge on any atom is 0.418 e. The van der Waals surface area contributed by atoms with Crippen molar-refractivity contribution in [2.45, 2.75) is 37.6 Å². The van der Waals surface area contributed by atoms with Gasteiger partial charge >= 0.3 is 16.4 Å². The lowest BCUT2D eigenvalue weighted by atomic mass is 10.0. The van der Waals surface area contributed by atoms with Crippen molar-refractivity contribution in [1.82, 2.24) is 30.5 Å². The highest BCUT2D eigenvalue weighted by molar-refractivity contribution is 7.80. The summed E-state index contributed by atoms with van der Waals surface area (Å²) in [7, 11) is -3.01. The lowest BCUT2D eigenvalue weighted by Gasteiger charge is -2.30. The molecule has 1 unspecified atom stereocenters. The van der Waals surface area contributed by atoms with Crippen molar-refractivity contribution < 1.29 is 31.7 Å². The van der Waals surface area contributed by atoms with Gasteiger partial charge in [0, 0.05) is 32.2 Å². The van der Waals surface area contributed by atoms with E-state index in [9.17, 15) is 18.0 Å². The van der Waals surface area contributed by atoms with Gasteiger partial charge in [0.05, 0.1) is 17.9 Å². The summed E-state index contributed by atoms with van der Waals surface area (Å²) in [4.78, 5) is 31.7. The Labute approximate surface area is 160 Å². The van der Waals surface area contributed by atoms with Gasteiger partial charge in [0.25, 0.3) is 5.91 Å². The molecule has 2 saturated heterocycles. The molecule has 3 atom stereocenters. The number of carbonyl (C=O) groups is 2. The molecule has 14 heteroatoms. The molecule has 2 fully saturated rings. The van der Waals surface area contributed by atoms with Crippen LogP contribution in [0.2, 0.25) is 0 Å². The van der Waals surface area contributed by atoms with E-state index in [1.165, 1.54) is 4.90 Å². The Morgan fingerprint density at radius 1 is 1.43 bits per heavy atom. The predicted molar refractivity (Wildman–Crippen MR) is 90.3 cm³/mol. The van der Waals surface area contributed by atoms with Crippen molar-refractivity contribution in [2.75, 3.05) is 13.1 Å². The molecule has 2 bridgehead atoms. The number of rotatable bonds is 5. The topological polar surface area (TPSA) is 155 Å². The number of hydrogen-bond acceptors (Lipinski definition) is 8. The van der Waals surface area contributed by atoms with Gasteiger partial charge in [0.1, 0.15) is 12.1 Å². The summed E-state index contributed by atoms with van der Waals surface area (Å²) in [6, 6.07) is -2.18. The van der Waals surface area contributed by atoms with E-state index in [0.717, 1.165) is 11.3 Å². The third-order valence-corrected chi connectivity index (χ3v) is 5.51. The van der Waals surface area contributed by atoms with Crippen LogP contribution in [0.15, 0.2) is 6.20 Å². The molecule has 1 aromatic rings. The minimum Gasteiger partial charge on any atom is -0.309 e. The quantitative estimate of drug-likeness (QED) is 0.389. The Morgan fingerprint density at radius 3 is 2.96 bits per heavy atom. The van der Waals surface area contributed by atoms with Crippen LogP contribution in [0.3, 0.4) is 0 Å². The van der Waals surface area contributed by atoms with Crippen LogP contribution in [0.5, 0.6) is 0 Å².